The normalized spacial score (nSPS) is 10.7. The molecule has 0 aliphatic rings. The fraction of sp³-hybridized carbons (Fsp3) is 0.118. The summed E-state index contributed by atoms with van der Waals surface area (Å²) in [7, 11) is 0. The van der Waals surface area contributed by atoms with Crippen LogP contribution in [0.15, 0.2) is 48.5 Å². The van der Waals surface area contributed by atoms with Gasteiger partial charge in [-0.05, 0) is 17.7 Å². The zero-order valence-electron chi connectivity index (χ0n) is 12.1. The molecule has 2 aromatic carbocycles. The molecule has 0 aliphatic heterocycles. The second-order valence-corrected chi connectivity index (χ2v) is 5.88. The minimum atomic E-state index is -0.494. The highest BCUT2D eigenvalue weighted by Crippen LogP contribution is 2.29. The molecule has 0 saturated carbocycles. The molecular formula is C17H14Cl3NO2. The van der Waals surface area contributed by atoms with E-state index in [1.807, 2.05) is 30.3 Å². The van der Waals surface area contributed by atoms with E-state index >= 15 is 0 Å². The minimum Gasteiger partial charge on any atom is -0.445 e. The highest BCUT2D eigenvalue weighted by molar-refractivity contribution is 6.40. The molecule has 1 amide bonds. The first kappa shape index (κ1) is 17.7. The Morgan fingerprint density at radius 2 is 1.74 bits per heavy atom. The first-order chi connectivity index (χ1) is 11.1. The number of carbonyl (C=O) groups is 1. The van der Waals surface area contributed by atoms with Crippen molar-refractivity contribution in [1.29, 1.82) is 0 Å². The van der Waals surface area contributed by atoms with Crippen molar-refractivity contribution in [2.75, 3.05) is 6.54 Å². The van der Waals surface area contributed by atoms with Gasteiger partial charge >= 0.3 is 6.09 Å². The zero-order chi connectivity index (χ0) is 16.7. The summed E-state index contributed by atoms with van der Waals surface area (Å²) in [5.74, 6) is 0. The third-order valence-electron chi connectivity index (χ3n) is 2.91. The molecule has 0 atom stereocenters. The van der Waals surface area contributed by atoms with Crippen LogP contribution in [-0.2, 0) is 11.3 Å². The molecule has 2 rings (SSSR count). The van der Waals surface area contributed by atoms with Crippen molar-refractivity contribution in [3.63, 3.8) is 0 Å². The van der Waals surface area contributed by atoms with Crippen LogP contribution in [0.2, 0.25) is 15.1 Å². The van der Waals surface area contributed by atoms with Gasteiger partial charge < -0.3 is 10.1 Å². The first-order valence-electron chi connectivity index (χ1n) is 6.82. The van der Waals surface area contributed by atoms with Gasteiger partial charge in [-0.25, -0.2) is 4.79 Å². The lowest BCUT2D eigenvalue weighted by Gasteiger charge is -2.06. The fourth-order valence-corrected chi connectivity index (χ4v) is 2.75. The number of carbonyl (C=O) groups excluding carboxylic acids is 1. The van der Waals surface area contributed by atoms with E-state index in [0.29, 0.717) is 27.2 Å². The highest BCUT2D eigenvalue weighted by atomic mass is 35.5. The predicted molar refractivity (Wildman–Crippen MR) is 95.1 cm³/mol. The van der Waals surface area contributed by atoms with Gasteiger partial charge in [0.1, 0.15) is 6.61 Å². The summed E-state index contributed by atoms with van der Waals surface area (Å²) in [6.45, 7) is 0.522. The topological polar surface area (TPSA) is 38.3 Å². The van der Waals surface area contributed by atoms with Crippen LogP contribution < -0.4 is 5.32 Å². The lowest BCUT2D eigenvalue weighted by atomic mass is 10.2. The van der Waals surface area contributed by atoms with Gasteiger partial charge in [-0.2, -0.15) is 0 Å². The number of benzene rings is 2. The van der Waals surface area contributed by atoms with E-state index in [4.69, 9.17) is 39.5 Å². The van der Waals surface area contributed by atoms with E-state index in [-0.39, 0.29) is 6.61 Å². The van der Waals surface area contributed by atoms with Gasteiger partial charge in [0.25, 0.3) is 0 Å². The van der Waals surface area contributed by atoms with E-state index in [2.05, 4.69) is 5.32 Å². The monoisotopic (exact) mass is 369 g/mol. The molecule has 2 aromatic rings. The molecule has 0 unspecified atom stereocenters. The molecule has 0 heterocycles. The Morgan fingerprint density at radius 3 is 2.39 bits per heavy atom. The average molecular weight is 371 g/mol. The molecule has 23 heavy (non-hydrogen) atoms. The molecule has 120 valence electrons. The first-order valence-corrected chi connectivity index (χ1v) is 7.95. The number of alkyl carbamates (subject to hydrolysis) is 1. The fourth-order valence-electron chi connectivity index (χ4n) is 1.81. The van der Waals surface area contributed by atoms with Crippen molar-refractivity contribution >= 4 is 47.0 Å². The van der Waals surface area contributed by atoms with Crippen molar-refractivity contribution in [3.05, 3.63) is 74.7 Å². The van der Waals surface area contributed by atoms with Crippen molar-refractivity contribution in [1.82, 2.24) is 5.32 Å². The largest absolute Gasteiger partial charge is 0.445 e. The molecule has 6 heteroatoms. The Bertz CT molecular complexity index is 679. The summed E-state index contributed by atoms with van der Waals surface area (Å²) in [4.78, 5) is 11.6. The van der Waals surface area contributed by atoms with Gasteiger partial charge in [-0.1, -0.05) is 77.3 Å². The van der Waals surface area contributed by atoms with Crippen LogP contribution in [0, 0.1) is 0 Å². The van der Waals surface area contributed by atoms with Gasteiger partial charge in [0.2, 0.25) is 0 Å². The van der Waals surface area contributed by atoms with E-state index in [9.17, 15) is 4.79 Å². The molecule has 0 spiro atoms. The van der Waals surface area contributed by atoms with Crippen LogP contribution in [0.3, 0.4) is 0 Å². The number of hydrogen-bond acceptors (Lipinski definition) is 2. The van der Waals surface area contributed by atoms with Crippen LogP contribution in [0.5, 0.6) is 0 Å². The summed E-state index contributed by atoms with van der Waals surface area (Å²) in [5.41, 5.74) is 1.58. The number of halogens is 3. The number of rotatable bonds is 5. The van der Waals surface area contributed by atoms with Crippen LogP contribution in [0.1, 0.15) is 11.1 Å². The molecule has 0 aromatic heterocycles. The van der Waals surface area contributed by atoms with E-state index in [1.165, 1.54) is 0 Å². The highest BCUT2D eigenvalue weighted by Gasteiger charge is 2.05. The van der Waals surface area contributed by atoms with E-state index in [0.717, 1.165) is 5.56 Å². The van der Waals surface area contributed by atoms with Crippen LogP contribution in [-0.4, -0.2) is 12.6 Å². The second kappa shape index (κ2) is 8.82. The Kier molecular flexibility index (Phi) is 6.78. The Balaban J connectivity index is 1.79. The maximum atomic E-state index is 11.6. The lowest BCUT2D eigenvalue weighted by Crippen LogP contribution is -2.24. The van der Waals surface area contributed by atoms with Crippen LogP contribution >= 0.6 is 34.8 Å². The quantitative estimate of drug-likeness (QED) is 0.745. The van der Waals surface area contributed by atoms with Crippen molar-refractivity contribution in [2.45, 2.75) is 6.61 Å². The second-order valence-electron chi connectivity index (χ2n) is 4.63. The zero-order valence-corrected chi connectivity index (χ0v) is 14.3. The average Bonchev–Trinajstić information content (AvgIpc) is 2.52. The maximum absolute atomic E-state index is 11.6. The van der Waals surface area contributed by atoms with E-state index in [1.54, 1.807) is 24.3 Å². The summed E-state index contributed by atoms with van der Waals surface area (Å²) in [6.07, 6.45) is 2.95. The number of nitrogens with one attached hydrogen (secondary N) is 1. The lowest BCUT2D eigenvalue weighted by molar-refractivity contribution is 0.141. The molecule has 1 N–H and O–H groups in total. The maximum Gasteiger partial charge on any atom is 0.407 e. The molecule has 0 fully saturated rings. The summed E-state index contributed by atoms with van der Waals surface area (Å²) in [6, 6.07) is 12.7. The van der Waals surface area contributed by atoms with Crippen LogP contribution in [0.25, 0.3) is 6.08 Å². The number of hydrogen-bond donors (Lipinski definition) is 1. The van der Waals surface area contributed by atoms with Gasteiger partial charge in [-0.3, -0.25) is 0 Å². The van der Waals surface area contributed by atoms with E-state index < -0.39 is 6.09 Å². The summed E-state index contributed by atoms with van der Waals surface area (Å²) in [5, 5.41) is 3.98. The third-order valence-corrected chi connectivity index (χ3v) is 3.75. The Labute approximate surface area is 149 Å². The van der Waals surface area contributed by atoms with Crippen molar-refractivity contribution < 1.29 is 9.53 Å². The van der Waals surface area contributed by atoms with Crippen molar-refractivity contribution in [3.8, 4) is 0 Å². The molecule has 3 nitrogen and oxygen atoms in total. The molecule has 0 saturated heterocycles. The third kappa shape index (κ3) is 5.79. The SMILES string of the molecule is O=C(NCC=Cc1c(Cl)cc(Cl)cc1Cl)OCc1ccccc1. The van der Waals surface area contributed by atoms with Crippen molar-refractivity contribution in [2.24, 2.45) is 0 Å². The molecular weight excluding hydrogens is 357 g/mol. The predicted octanol–water partition coefficient (Wildman–Crippen LogP) is 5.59. The number of amides is 1. The number of ether oxygens (including phenoxy) is 1. The van der Waals surface area contributed by atoms with Gasteiger partial charge in [0.05, 0.1) is 10.0 Å². The standard InChI is InChI=1S/C17H14Cl3NO2/c18-13-9-15(19)14(16(20)10-13)7-4-8-21-17(22)23-11-12-5-2-1-3-6-12/h1-7,9-10H,8,11H2,(H,21,22). The van der Waals surface area contributed by atoms with Gasteiger partial charge in [0, 0.05) is 17.1 Å². The smallest absolute Gasteiger partial charge is 0.407 e. The van der Waals surface area contributed by atoms with Gasteiger partial charge in [-0.15, -0.1) is 0 Å². The molecule has 0 radical (unpaired) electrons. The summed E-state index contributed by atoms with van der Waals surface area (Å²) < 4.78 is 5.09. The van der Waals surface area contributed by atoms with Crippen LogP contribution in [0.4, 0.5) is 4.79 Å². The van der Waals surface area contributed by atoms with Gasteiger partial charge in [0.15, 0.2) is 0 Å². The minimum absolute atomic E-state index is 0.227. The Morgan fingerprint density at radius 1 is 1.09 bits per heavy atom. The molecule has 0 bridgehead atoms. The Hall–Kier alpha value is -1.68. The molecule has 0 aliphatic carbocycles. The summed E-state index contributed by atoms with van der Waals surface area (Å²) >= 11 is 18.0.